The Balaban J connectivity index is 2.20. The fourth-order valence-electron chi connectivity index (χ4n) is 2.27. The molecule has 1 aliphatic carbocycles. The van der Waals surface area contributed by atoms with Crippen molar-refractivity contribution < 1.29 is 19.1 Å². The molecular formula is C16H18O4. The van der Waals surface area contributed by atoms with Crippen LogP contribution in [0, 0.1) is 5.92 Å². The van der Waals surface area contributed by atoms with E-state index in [0.29, 0.717) is 12.2 Å². The van der Waals surface area contributed by atoms with E-state index in [2.05, 4.69) is 0 Å². The lowest BCUT2D eigenvalue weighted by Gasteiger charge is -2.13. The fourth-order valence-corrected chi connectivity index (χ4v) is 2.27. The van der Waals surface area contributed by atoms with Gasteiger partial charge in [0.15, 0.2) is 0 Å². The minimum atomic E-state index is -0.568. The van der Waals surface area contributed by atoms with Crippen LogP contribution in [0.1, 0.15) is 32.8 Å². The first kappa shape index (κ1) is 14.3. The van der Waals surface area contributed by atoms with E-state index in [4.69, 9.17) is 9.47 Å². The van der Waals surface area contributed by atoms with E-state index in [9.17, 15) is 9.59 Å². The molecule has 0 aromatic heterocycles. The minimum absolute atomic E-state index is 0.0736. The number of esters is 2. The second kappa shape index (κ2) is 5.49. The summed E-state index contributed by atoms with van der Waals surface area (Å²) in [4.78, 5) is 22.3. The number of benzene rings is 1. The molecule has 0 spiro atoms. The highest BCUT2D eigenvalue weighted by molar-refractivity contribution is 5.70. The smallest absolute Gasteiger partial charge is 0.307 e. The maximum Gasteiger partial charge on any atom is 0.307 e. The van der Waals surface area contributed by atoms with Crippen LogP contribution in [0.4, 0.5) is 0 Å². The van der Waals surface area contributed by atoms with Crippen LogP contribution in [0.2, 0.25) is 0 Å². The Labute approximate surface area is 118 Å². The second-order valence-electron chi connectivity index (χ2n) is 5.21. The molecule has 106 valence electrons. The van der Waals surface area contributed by atoms with Crippen molar-refractivity contribution in [1.29, 1.82) is 0 Å². The van der Waals surface area contributed by atoms with E-state index in [1.165, 1.54) is 13.8 Å². The van der Waals surface area contributed by atoms with Gasteiger partial charge in [0.1, 0.15) is 11.4 Å². The molecule has 1 saturated carbocycles. The zero-order valence-electron chi connectivity index (χ0n) is 11.9. The summed E-state index contributed by atoms with van der Waals surface area (Å²) < 4.78 is 10.6. The Kier molecular flexibility index (Phi) is 3.93. The molecule has 4 heteroatoms. The topological polar surface area (TPSA) is 52.6 Å². The predicted molar refractivity (Wildman–Crippen MR) is 74.5 cm³/mol. The van der Waals surface area contributed by atoms with E-state index < -0.39 is 5.60 Å². The van der Waals surface area contributed by atoms with Crippen LogP contribution in [-0.2, 0) is 19.1 Å². The molecule has 1 aromatic rings. The number of carbonyl (C=O) groups is 2. The number of hydrogen-bond acceptors (Lipinski definition) is 4. The summed E-state index contributed by atoms with van der Waals surface area (Å²) in [5.41, 5.74) is 0.378. The van der Waals surface area contributed by atoms with Crippen LogP contribution < -0.4 is 0 Å². The molecule has 1 unspecified atom stereocenters. The Morgan fingerprint density at radius 1 is 1.20 bits per heavy atom. The molecule has 1 aromatic carbocycles. The first-order chi connectivity index (χ1) is 9.40. The Bertz CT molecular complexity index is 547. The molecule has 0 bridgehead atoms. The van der Waals surface area contributed by atoms with Crippen LogP contribution in [0.3, 0.4) is 0 Å². The van der Waals surface area contributed by atoms with Gasteiger partial charge in [0.2, 0.25) is 0 Å². The normalized spacial score (nSPS) is 24.9. The van der Waals surface area contributed by atoms with Gasteiger partial charge < -0.3 is 9.47 Å². The molecular weight excluding hydrogens is 256 g/mol. The van der Waals surface area contributed by atoms with E-state index in [-0.39, 0.29) is 17.9 Å². The maximum absolute atomic E-state index is 11.2. The zero-order chi connectivity index (χ0) is 14.8. The summed E-state index contributed by atoms with van der Waals surface area (Å²) in [5.74, 6) is -0.218. The first-order valence-electron chi connectivity index (χ1n) is 6.55. The average Bonchev–Trinajstić information content (AvgIpc) is 2.99. The Morgan fingerprint density at radius 3 is 2.40 bits per heavy atom. The van der Waals surface area contributed by atoms with Crippen LogP contribution >= 0.6 is 0 Å². The summed E-state index contributed by atoms with van der Waals surface area (Å²) in [7, 11) is 0. The van der Waals surface area contributed by atoms with Crippen LogP contribution in [0.15, 0.2) is 36.1 Å². The molecule has 2 atom stereocenters. The van der Waals surface area contributed by atoms with Crippen molar-refractivity contribution in [2.75, 3.05) is 0 Å². The van der Waals surface area contributed by atoms with Gasteiger partial charge >= 0.3 is 11.9 Å². The van der Waals surface area contributed by atoms with E-state index in [1.807, 2.05) is 43.3 Å². The van der Waals surface area contributed by atoms with E-state index in [1.54, 1.807) is 0 Å². The highest BCUT2D eigenvalue weighted by Crippen LogP contribution is 2.51. The fraction of sp³-hybridized carbons (Fsp3) is 0.375. The lowest BCUT2D eigenvalue weighted by atomic mass is 10.1. The third kappa shape index (κ3) is 3.47. The van der Waals surface area contributed by atoms with Gasteiger partial charge in [0.05, 0.1) is 5.92 Å². The van der Waals surface area contributed by atoms with Crippen LogP contribution in [0.25, 0.3) is 6.08 Å². The third-order valence-corrected chi connectivity index (χ3v) is 3.28. The largest absolute Gasteiger partial charge is 0.459 e. The monoisotopic (exact) mass is 274 g/mol. The van der Waals surface area contributed by atoms with Crippen molar-refractivity contribution in [3.05, 3.63) is 41.7 Å². The van der Waals surface area contributed by atoms with Crippen molar-refractivity contribution in [3.63, 3.8) is 0 Å². The number of carbonyl (C=O) groups excluding carboxylic acids is 2. The molecule has 0 saturated heterocycles. The first-order valence-corrected chi connectivity index (χ1v) is 6.55. The van der Waals surface area contributed by atoms with Gasteiger partial charge in [-0.15, -0.1) is 0 Å². The molecule has 0 radical (unpaired) electrons. The maximum atomic E-state index is 11.2. The molecule has 4 nitrogen and oxygen atoms in total. The number of rotatable bonds is 4. The standard InChI is InChI=1S/C16H18O4/c1-11(17)19-15(9-13-7-5-4-6-8-13)14-10-16(14,3)20-12(2)18/h4-9,14H,10H2,1-3H3/b15-9-/t14-,16?/m0/s1. The summed E-state index contributed by atoms with van der Waals surface area (Å²) >= 11 is 0. The van der Waals surface area contributed by atoms with Crippen molar-refractivity contribution >= 4 is 18.0 Å². The summed E-state index contributed by atoms with van der Waals surface area (Å²) in [6.07, 6.45) is 2.49. The van der Waals surface area contributed by atoms with Gasteiger partial charge in [-0.2, -0.15) is 0 Å². The molecule has 0 amide bonds. The zero-order valence-corrected chi connectivity index (χ0v) is 11.9. The second-order valence-corrected chi connectivity index (χ2v) is 5.21. The van der Waals surface area contributed by atoms with Gasteiger partial charge in [0, 0.05) is 20.3 Å². The number of ether oxygens (including phenoxy) is 2. The summed E-state index contributed by atoms with van der Waals surface area (Å²) in [6, 6.07) is 9.60. The van der Waals surface area contributed by atoms with Gasteiger partial charge in [-0.25, -0.2) is 0 Å². The van der Waals surface area contributed by atoms with Gasteiger partial charge in [-0.3, -0.25) is 9.59 Å². The summed E-state index contributed by atoms with van der Waals surface area (Å²) in [6.45, 7) is 4.60. The van der Waals surface area contributed by atoms with Gasteiger partial charge in [0.25, 0.3) is 0 Å². The average molecular weight is 274 g/mol. The van der Waals surface area contributed by atoms with Crippen LogP contribution in [-0.4, -0.2) is 17.5 Å². The molecule has 0 aliphatic heterocycles. The molecule has 1 aliphatic rings. The molecule has 20 heavy (non-hydrogen) atoms. The predicted octanol–water partition coefficient (Wildman–Crippen LogP) is 2.93. The van der Waals surface area contributed by atoms with Crippen LogP contribution in [0.5, 0.6) is 0 Å². The van der Waals surface area contributed by atoms with Crippen molar-refractivity contribution in [2.24, 2.45) is 5.92 Å². The summed E-state index contributed by atoms with van der Waals surface area (Å²) in [5, 5.41) is 0. The Morgan fingerprint density at radius 2 is 1.85 bits per heavy atom. The minimum Gasteiger partial charge on any atom is -0.459 e. The van der Waals surface area contributed by atoms with E-state index in [0.717, 1.165) is 5.56 Å². The highest BCUT2D eigenvalue weighted by atomic mass is 16.6. The van der Waals surface area contributed by atoms with Gasteiger partial charge in [-0.05, 0) is 18.6 Å². The molecule has 0 heterocycles. The SMILES string of the molecule is CC(=O)O/C(=C\c1ccccc1)[C@@H]1CC1(C)OC(C)=O. The third-order valence-electron chi connectivity index (χ3n) is 3.28. The van der Waals surface area contributed by atoms with Crippen molar-refractivity contribution in [2.45, 2.75) is 32.8 Å². The van der Waals surface area contributed by atoms with Crippen molar-refractivity contribution in [3.8, 4) is 0 Å². The molecule has 0 N–H and O–H groups in total. The lowest BCUT2D eigenvalue weighted by molar-refractivity contribution is -0.148. The molecule has 1 fully saturated rings. The Hall–Kier alpha value is -2.10. The quantitative estimate of drug-likeness (QED) is 0.625. The van der Waals surface area contributed by atoms with Crippen molar-refractivity contribution in [1.82, 2.24) is 0 Å². The molecule has 2 rings (SSSR count). The van der Waals surface area contributed by atoms with Gasteiger partial charge in [-0.1, -0.05) is 30.3 Å². The number of hydrogen-bond donors (Lipinski definition) is 0. The lowest BCUT2D eigenvalue weighted by Crippen LogP contribution is -2.18. The highest BCUT2D eigenvalue weighted by Gasteiger charge is 2.56. The van der Waals surface area contributed by atoms with E-state index >= 15 is 0 Å².